The van der Waals surface area contributed by atoms with Crippen molar-refractivity contribution in [1.29, 1.82) is 0 Å². The Hall–Kier alpha value is -2.81. The highest BCUT2D eigenvalue weighted by Crippen LogP contribution is 2.32. The highest BCUT2D eigenvalue weighted by molar-refractivity contribution is 8.00. The quantitative estimate of drug-likeness (QED) is 0.222. The van der Waals surface area contributed by atoms with E-state index in [2.05, 4.69) is 53.4 Å². The molecule has 0 radical (unpaired) electrons. The maximum Gasteiger partial charge on any atom is 0.234 e. The Balaban J connectivity index is 1.24. The molecule has 1 N–H and O–H groups in total. The number of amides is 1. The lowest BCUT2D eigenvalue weighted by molar-refractivity contribution is -0.113. The molecule has 0 atom stereocenters. The van der Waals surface area contributed by atoms with Crippen molar-refractivity contribution in [3.05, 3.63) is 65.3 Å². The summed E-state index contributed by atoms with van der Waals surface area (Å²) in [5.41, 5.74) is 4.06. The van der Waals surface area contributed by atoms with Crippen LogP contribution in [-0.4, -0.2) is 26.6 Å². The van der Waals surface area contributed by atoms with Gasteiger partial charge in [0.1, 0.15) is 21.2 Å². The summed E-state index contributed by atoms with van der Waals surface area (Å²) in [6.07, 6.45) is 2.54. The van der Waals surface area contributed by atoms with Crippen molar-refractivity contribution in [3.63, 3.8) is 0 Å². The number of nitrogens with zero attached hydrogens (tertiary/aromatic N) is 3. The Kier molecular flexibility index (Phi) is 5.91. The van der Waals surface area contributed by atoms with Gasteiger partial charge in [0, 0.05) is 21.5 Å². The molecule has 0 aliphatic heterocycles. The molecule has 0 fully saturated rings. The fraction of sp³-hybridized carbons (Fsp3) is 0.167. The van der Waals surface area contributed by atoms with Gasteiger partial charge in [-0.05, 0) is 61.4 Å². The minimum Gasteiger partial charge on any atom is -0.325 e. The van der Waals surface area contributed by atoms with Gasteiger partial charge in [0.25, 0.3) is 0 Å². The van der Waals surface area contributed by atoms with Crippen molar-refractivity contribution in [1.82, 2.24) is 15.0 Å². The Bertz CT molecular complexity index is 1420. The fourth-order valence-electron chi connectivity index (χ4n) is 3.36. The van der Waals surface area contributed by atoms with E-state index in [1.54, 1.807) is 29.0 Å². The fourth-order valence-corrected chi connectivity index (χ4v) is 6.20. The number of anilines is 1. The van der Waals surface area contributed by atoms with Gasteiger partial charge in [0.05, 0.1) is 16.0 Å². The average molecular weight is 477 g/mol. The number of thioether (sulfide) groups is 1. The molecule has 0 saturated carbocycles. The third-order valence-corrected chi connectivity index (χ3v) is 8.25. The minimum atomic E-state index is -0.0593. The number of carbonyl (C=O) groups is 1. The second-order valence-electron chi connectivity index (χ2n) is 7.37. The molecule has 0 bridgehead atoms. The van der Waals surface area contributed by atoms with E-state index in [4.69, 9.17) is 4.98 Å². The van der Waals surface area contributed by atoms with Gasteiger partial charge in [-0.25, -0.2) is 15.0 Å². The summed E-state index contributed by atoms with van der Waals surface area (Å²) in [4.78, 5) is 28.2. The van der Waals surface area contributed by atoms with E-state index < -0.39 is 0 Å². The Morgan fingerprint density at radius 3 is 2.72 bits per heavy atom. The maximum absolute atomic E-state index is 12.5. The van der Waals surface area contributed by atoms with E-state index in [9.17, 15) is 4.79 Å². The van der Waals surface area contributed by atoms with Crippen molar-refractivity contribution in [2.75, 3.05) is 11.1 Å². The van der Waals surface area contributed by atoms with Crippen molar-refractivity contribution >= 4 is 66.5 Å². The van der Waals surface area contributed by atoms with Crippen LogP contribution in [0, 0.1) is 6.92 Å². The molecule has 3 aromatic heterocycles. The van der Waals surface area contributed by atoms with Crippen molar-refractivity contribution in [2.45, 2.75) is 25.3 Å². The lowest BCUT2D eigenvalue weighted by atomic mass is 10.2. The number of aromatic nitrogens is 3. The summed E-state index contributed by atoms with van der Waals surface area (Å²) in [7, 11) is 0. The maximum atomic E-state index is 12.5. The molecule has 0 unspecified atom stereocenters. The van der Waals surface area contributed by atoms with Crippen LogP contribution < -0.4 is 5.32 Å². The molecule has 5 aromatic rings. The van der Waals surface area contributed by atoms with Gasteiger partial charge in [0.15, 0.2) is 0 Å². The van der Waals surface area contributed by atoms with Crippen LogP contribution in [0.4, 0.5) is 5.69 Å². The minimum absolute atomic E-state index is 0.0593. The van der Waals surface area contributed by atoms with E-state index in [1.165, 1.54) is 26.9 Å². The molecule has 5 rings (SSSR count). The molecule has 5 nitrogen and oxygen atoms in total. The normalized spacial score (nSPS) is 11.3. The van der Waals surface area contributed by atoms with Gasteiger partial charge < -0.3 is 5.32 Å². The Morgan fingerprint density at radius 2 is 1.91 bits per heavy atom. The van der Waals surface area contributed by atoms with Crippen LogP contribution in [0.2, 0.25) is 0 Å². The number of hydrogen-bond acceptors (Lipinski definition) is 7. The summed E-state index contributed by atoms with van der Waals surface area (Å²) >= 11 is 4.80. The smallest absolute Gasteiger partial charge is 0.234 e. The number of rotatable bonds is 6. The molecule has 8 heteroatoms. The zero-order chi connectivity index (χ0) is 22.1. The Labute approximate surface area is 198 Å². The van der Waals surface area contributed by atoms with Gasteiger partial charge in [-0.1, -0.05) is 24.8 Å². The summed E-state index contributed by atoms with van der Waals surface area (Å²) in [5, 5.41) is 5.83. The standard InChI is InChI=1S/C24H20N4OS3/c1-3-17-11-18-23(25-13-26-24(18)31-17)30-12-21(29)27-16-7-5-15(6-8-16)22-28-19-9-4-14(2)10-20(19)32-22/h4-11,13H,3,12H2,1-2H3,(H,27,29). The summed E-state index contributed by atoms with van der Waals surface area (Å²) in [5.74, 6) is 0.235. The van der Waals surface area contributed by atoms with Gasteiger partial charge in [-0.15, -0.1) is 22.7 Å². The van der Waals surface area contributed by atoms with Crippen LogP contribution in [0.5, 0.6) is 0 Å². The molecule has 0 aliphatic rings. The molecule has 0 spiro atoms. The molecular formula is C24H20N4OS3. The number of aryl methyl sites for hydroxylation is 2. The molecule has 32 heavy (non-hydrogen) atoms. The van der Waals surface area contributed by atoms with Gasteiger partial charge in [-0.2, -0.15) is 0 Å². The van der Waals surface area contributed by atoms with E-state index in [1.807, 2.05) is 24.3 Å². The first kappa shape index (κ1) is 21.1. The molecule has 1 amide bonds. The van der Waals surface area contributed by atoms with Crippen LogP contribution in [-0.2, 0) is 11.2 Å². The molecular weight excluding hydrogens is 456 g/mol. The Morgan fingerprint density at radius 1 is 1.06 bits per heavy atom. The third kappa shape index (κ3) is 4.39. The molecule has 2 aromatic carbocycles. The number of fused-ring (bicyclic) bond motifs is 2. The van der Waals surface area contributed by atoms with Crippen LogP contribution in [0.3, 0.4) is 0 Å². The molecule has 160 valence electrons. The van der Waals surface area contributed by atoms with Gasteiger partial charge >= 0.3 is 0 Å². The van der Waals surface area contributed by atoms with Crippen molar-refractivity contribution in [2.24, 2.45) is 0 Å². The average Bonchev–Trinajstić information content (AvgIpc) is 3.42. The van der Waals surface area contributed by atoms with E-state index in [0.29, 0.717) is 5.75 Å². The largest absolute Gasteiger partial charge is 0.325 e. The van der Waals surface area contributed by atoms with E-state index in [-0.39, 0.29) is 5.91 Å². The van der Waals surface area contributed by atoms with Gasteiger partial charge in [-0.3, -0.25) is 4.79 Å². The third-order valence-electron chi connectivity index (χ3n) is 4.99. The van der Waals surface area contributed by atoms with Crippen LogP contribution in [0.25, 0.3) is 31.0 Å². The van der Waals surface area contributed by atoms with E-state index in [0.717, 1.165) is 43.4 Å². The molecule has 0 saturated heterocycles. The number of thiazole rings is 1. The number of nitrogens with one attached hydrogen (secondary N) is 1. The first-order chi connectivity index (χ1) is 15.6. The number of benzene rings is 2. The lowest BCUT2D eigenvalue weighted by Gasteiger charge is -2.06. The van der Waals surface area contributed by atoms with Crippen LogP contribution in [0.15, 0.2) is 59.9 Å². The highest BCUT2D eigenvalue weighted by atomic mass is 32.2. The predicted octanol–water partition coefficient (Wildman–Crippen LogP) is 6.57. The second kappa shape index (κ2) is 8.97. The second-order valence-corrected chi connectivity index (χ2v) is 10.5. The zero-order valence-electron chi connectivity index (χ0n) is 17.6. The van der Waals surface area contributed by atoms with E-state index >= 15 is 0 Å². The van der Waals surface area contributed by atoms with Crippen molar-refractivity contribution < 1.29 is 4.79 Å². The van der Waals surface area contributed by atoms with Crippen molar-refractivity contribution in [3.8, 4) is 10.6 Å². The first-order valence-corrected chi connectivity index (χ1v) is 12.8. The number of thiophene rings is 1. The molecule has 3 heterocycles. The summed E-state index contributed by atoms with van der Waals surface area (Å²) < 4.78 is 1.19. The summed E-state index contributed by atoms with van der Waals surface area (Å²) in [6, 6.07) is 16.3. The number of hydrogen-bond donors (Lipinski definition) is 1. The van der Waals surface area contributed by atoms with Crippen LogP contribution >= 0.6 is 34.4 Å². The predicted molar refractivity (Wildman–Crippen MR) is 136 cm³/mol. The summed E-state index contributed by atoms with van der Waals surface area (Å²) in [6.45, 7) is 4.21. The topological polar surface area (TPSA) is 67.8 Å². The monoisotopic (exact) mass is 476 g/mol. The zero-order valence-corrected chi connectivity index (χ0v) is 20.0. The number of carbonyl (C=O) groups excluding carboxylic acids is 1. The SMILES string of the molecule is CCc1cc2c(SCC(=O)Nc3ccc(-c4nc5ccc(C)cc5s4)cc3)ncnc2s1. The highest BCUT2D eigenvalue weighted by Gasteiger charge is 2.12. The lowest BCUT2D eigenvalue weighted by Crippen LogP contribution is -2.14. The first-order valence-electron chi connectivity index (χ1n) is 10.2. The van der Waals surface area contributed by atoms with Crippen LogP contribution in [0.1, 0.15) is 17.4 Å². The molecule has 0 aliphatic carbocycles. The van der Waals surface area contributed by atoms with Gasteiger partial charge in [0.2, 0.25) is 5.91 Å².